The molecule has 0 unspecified atom stereocenters. The molecule has 33 heteroatoms. The summed E-state index contributed by atoms with van der Waals surface area (Å²) in [4.78, 5) is 198. The van der Waals surface area contributed by atoms with Gasteiger partial charge in [0.05, 0.1) is 32.7 Å². The zero-order valence-corrected chi connectivity index (χ0v) is 58.0. The van der Waals surface area contributed by atoms with Gasteiger partial charge in [-0.15, -0.1) is 0 Å². The average Bonchev–Trinajstić information content (AvgIpc) is 1.71. The van der Waals surface area contributed by atoms with Crippen molar-refractivity contribution in [1.29, 1.82) is 0 Å². The Morgan fingerprint density at radius 2 is 1.25 bits per heavy atom. The summed E-state index contributed by atoms with van der Waals surface area (Å²) in [5.74, 6) is -13.3. The van der Waals surface area contributed by atoms with Crippen molar-refractivity contribution < 1.29 is 81.0 Å². The van der Waals surface area contributed by atoms with E-state index in [-0.39, 0.29) is 86.3 Å². The van der Waals surface area contributed by atoms with Crippen molar-refractivity contribution >= 4 is 98.7 Å². The molecule has 9 rings (SSSR count). The number of amides is 12. The Morgan fingerprint density at radius 1 is 0.657 bits per heavy atom. The van der Waals surface area contributed by atoms with Crippen molar-refractivity contribution in [2.75, 3.05) is 20.2 Å². The Kier molecular flexibility index (Phi) is 25.9. The highest BCUT2D eigenvalue weighted by Gasteiger charge is 2.49. The molecule has 7 aromatic rings. The van der Waals surface area contributed by atoms with E-state index < -0.39 is 169 Å². The molecule has 0 saturated carbocycles. The van der Waals surface area contributed by atoms with Crippen LogP contribution in [0.5, 0.6) is 5.75 Å². The molecule has 0 spiro atoms. The molecule has 0 radical (unpaired) electrons. The summed E-state index contributed by atoms with van der Waals surface area (Å²) >= 11 is 0. The van der Waals surface area contributed by atoms with Crippen LogP contribution >= 0.6 is 0 Å². The van der Waals surface area contributed by atoms with E-state index in [0.717, 1.165) is 6.07 Å². The number of ether oxygens (including phenoxy) is 1. The van der Waals surface area contributed by atoms with E-state index in [2.05, 4.69) is 73.1 Å². The third-order valence-electron chi connectivity index (χ3n) is 18.4. The number of nitrogens with one attached hydrogen (secondary N) is 13. The highest BCUT2D eigenvalue weighted by Crippen LogP contribution is 2.32. The highest BCUT2D eigenvalue weighted by molar-refractivity contribution is 6.01. The summed E-state index contributed by atoms with van der Waals surface area (Å²) in [5, 5.41) is 37.0. The number of carboxylic acid groups (broad SMARTS) is 1. The van der Waals surface area contributed by atoms with Crippen LogP contribution in [-0.2, 0) is 101 Å². The van der Waals surface area contributed by atoms with E-state index in [4.69, 9.17) is 10.5 Å². The summed E-state index contributed by atoms with van der Waals surface area (Å²) in [6.45, 7) is 3.95. The molecule has 3 aromatic heterocycles. The van der Waals surface area contributed by atoms with Gasteiger partial charge in [-0.3, -0.25) is 62.3 Å². The van der Waals surface area contributed by atoms with Crippen molar-refractivity contribution in [1.82, 2.24) is 78.0 Å². The summed E-state index contributed by atoms with van der Waals surface area (Å²) < 4.78 is 35.3. The Balaban J connectivity index is 1.06. The van der Waals surface area contributed by atoms with E-state index >= 15 is 19.2 Å². The molecule has 5 heterocycles. The van der Waals surface area contributed by atoms with Gasteiger partial charge in [-0.2, -0.15) is 0 Å². The van der Waals surface area contributed by atoms with Crippen LogP contribution in [0.2, 0.25) is 0 Å². The minimum Gasteiger partial charge on any atom is -0.497 e. The third kappa shape index (κ3) is 20.8. The Labute approximate surface area is 600 Å². The maximum absolute atomic E-state index is 15.3. The van der Waals surface area contributed by atoms with E-state index in [9.17, 15) is 57.0 Å². The fourth-order valence-electron chi connectivity index (χ4n) is 12.7. The molecule has 12 amide bonds. The van der Waals surface area contributed by atoms with Gasteiger partial charge in [0, 0.05) is 98.3 Å². The first kappa shape index (κ1) is 77.1. The van der Waals surface area contributed by atoms with Crippen molar-refractivity contribution in [3.8, 4) is 5.75 Å². The summed E-state index contributed by atoms with van der Waals surface area (Å²) in [7, 11) is 1.44. The Hall–Kier alpha value is -12.1. The number of carbonyl (C=O) groups excluding carboxylic acids is 12. The van der Waals surface area contributed by atoms with Crippen LogP contribution in [0.3, 0.4) is 0 Å². The number of hydrogen-bond donors (Lipinski definition) is 15. The number of aromatic nitrogens is 4. The third-order valence-corrected chi connectivity index (χ3v) is 18.4. The summed E-state index contributed by atoms with van der Waals surface area (Å²) in [5.41, 5.74) is 7.24. The van der Waals surface area contributed by atoms with Crippen molar-refractivity contribution in [2.24, 2.45) is 5.73 Å². The molecule has 556 valence electrons. The minimum absolute atomic E-state index is 0.0316. The number of rotatable bonds is 13. The first-order chi connectivity index (χ1) is 50.1. The highest BCUT2D eigenvalue weighted by atomic mass is 19.1. The lowest BCUT2D eigenvalue weighted by Gasteiger charge is -2.37. The average molecular weight is 1450 g/mol. The molecule has 31 nitrogen and oxygen atoms in total. The second-order valence-corrected chi connectivity index (χ2v) is 26.3. The second-order valence-electron chi connectivity index (χ2n) is 26.3. The normalized spacial score (nSPS) is 23.1. The van der Waals surface area contributed by atoms with E-state index in [0.29, 0.717) is 45.3 Å². The zero-order valence-electron chi connectivity index (χ0n) is 58.0. The largest absolute Gasteiger partial charge is 0.497 e. The number of primary amides is 1. The number of halogens is 2. The molecule has 2 aliphatic rings. The molecule has 2 bridgehead atoms. The number of nitrogens with zero attached hydrogens (tertiary/aromatic N) is 2. The number of nitrogens with two attached hydrogens (primary N) is 1. The second kappa shape index (κ2) is 35.2. The molecule has 1 saturated heterocycles. The van der Waals surface area contributed by atoms with Crippen molar-refractivity contribution in [3.63, 3.8) is 0 Å². The number of aliphatic carboxylic acids is 1. The van der Waals surface area contributed by atoms with Crippen molar-refractivity contribution in [2.45, 2.75) is 158 Å². The number of H-pyrrole nitrogens is 3. The summed E-state index contributed by atoms with van der Waals surface area (Å²) in [6.07, 6.45) is 2.96. The van der Waals surface area contributed by atoms with Gasteiger partial charge in [0.2, 0.25) is 70.9 Å². The van der Waals surface area contributed by atoms with Gasteiger partial charge in [-0.1, -0.05) is 36.4 Å². The maximum atomic E-state index is 15.3. The van der Waals surface area contributed by atoms with Gasteiger partial charge in [-0.05, 0) is 122 Å². The fourth-order valence-corrected chi connectivity index (χ4v) is 12.7. The van der Waals surface area contributed by atoms with Crippen LogP contribution in [0.4, 0.5) is 8.78 Å². The van der Waals surface area contributed by atoms with Crippen molar-refractivity contribution in [3.05, 3.63) is 155 Å². The van der Waals surface area contributed by atoms with E-state index in [1.807, 2.05) is 0 Å². The lowest BCUT2D eigenvalue weighted by Crippen LogP contribution is -2.63. The monoisotopic (exact) mass is 1450 g/mol. The Bertz CT molecular complexity index is 4390. The number of imidazole rings is 1. The number of carbonyl (C=O) groups is 13. The first-order valence-corrected chi connectivity index (χ1v) is 34.1. The Morgan fingerprint density at radius 3 is 1.84 bits per heavy atom. The van der Waals surface area contributed by atoms with Crippen LogP contribution < -0.4 is 63.6 Å². The maximum Gasteiger partial charge on any atom is 0.305 e. The van der Waals surface area contributed by atoms with Crippen LogP contribution in [0.25, 0.3) is 21.8 Å². The lowest BCUT2D eigenvalue weighted by atomic mass is 9.95. The predicted molar refractivity (Wildman–Crippen MR) is 374 cm³/mol. The number of aromatic amines is 3. The molecule has 9 atom stereocenters. The predicted octanol–water partition coefficient (Wildman–Crippen LogP) is 0.738. The van der Waals surface area contributed by atoms with E-state index in [1.54, 1.807) is 48.5 Å². The molecule has 16 N–H and O–H groups in total. The zero-order chi connectivity index (χ0) is 75.6. The molecule has 105 heavy (non-hydrogen) atoms. The first-order valence-electron chi connectivity index (χ1n) is 34.1. The number of benzene rings is 4. The smallest absolute Gasteiger partial charge is 0.305 e. The lowest BCUT2D eigenvalue weighted by molar-refractivity contribution is -0.147. The van der Waals surface area contributed by atoms with Gasteiger partial charge < -0.3 is 88.6 Å². The molecule has 1 fully saturated rings. The number of fused-ring (bicyclic) bond motifs is 5. The molecule has 2 aliphatic heterocycles. The van der Waals surface area contributed by atoms with Gasteiger partial charge in [0.1, 0.15) is 71.3 Å². The molecule has 4 aromatic carbocycles. The standard InChI is InChI=1S/C72H84F2N16O15/c1-38-64(97)84-55(26-43-34-78-51-18-14-45(73)28-49(43)51)66(99)85-56(27-44-35-79-52-19-15-46(74)29-50(44)52)67(100)87-58(32-62(94)95)69(102)86-57(30-47-36-76-37-81-47)68(101)88-59(24-40-12-16-48(105-4)17-13-40)70(103)90-22-8-20-72(90,3)71(104)89-54(63(75)96)31-61(93)80-33-42-10-7-9-41(23-42)25-60(92)77-21-6-5-11-53(65(98)82-38)83-39(2)91/h7,9-10,12-19,23,28-29,34-38,53-59,78-79H,5-6,8,11,20-22,24-27,30-33H2,1-4H3,(H2,75,96)(H,76,81)(H,77,92)(H,80,93)(H,82,98)(H,83,91)(H,84,97)(H,85,99)(H,86,102)(H,87,100)(H,88,101)(H,89,104)(H,94,95)/t38-,53-,54+,55+,56+,57+,58+,59+,72+/m1/s1. The van der Waals surface area contributed by atoms with Gasteiger partial charge in [-0.25, -0.2) is 13.8 Å². The van der Waals surface area contributed by atoms with Crippen LogP contribution in [-0.4, -0.2) is 181 Å². The van der Waals surface area contributed by atoms with Gasteiger partial charge in [0.15, 0.2) is 0 Å². The quantitative estimate of drug-likeness (QED) is 0.0757. The minimum atomic E-state index is -2.08. The number of methoxy groups -OCH3 is 1. The van der Waals surface area contributed by atoms with Gasteiger partial charge >= 0.3 is 5.97 Å². The SMILES string of the molecule is COc1ccc(C[C@@H]2NC(=O)[C@H](Cc3cnc[nH]3)NC(=O)[C@H](CC(=O)O)NC(=O)[C@H](Cc3c[nH]c4ccc(F)cc34)NC(=O)[C@H](Cc3c[nH]c4ccc(F)cc34)NC(=O)[C@@H](C)NC(=O)[C@H](NC(C)=O)CCCCNC(=O)Cc3cccc(c3)CNC(=O)C[C@@H](C(N)=O)NC(=O)[C@]3(C)CCCN3C2=O)cc1. The summed E-state index contributed by atoms with van der Waals surface area (Å²) in [6, 6.07) is 7.62. The molecule has 0 aliphatic carbocycles. The van der Waals surface area contributed by atoms with Gasteiger partial charge in [0.25, 0.3) is 0 Å². The van der Waals surface area contributed by atoms with E-state index in [1.165, 1.54) is 88.0 Å². The fraction of sp³-hybridized carbons (Fsp3) is 0.389. The molecular formula is C72H84F2N16O15. The number of carboxylic acids is 1. The molecular weight excluding hydrogens is 1370 g/mol. The van der Waals surface area contributed by atoms with Crippen LogP contribution in [0, 0.1) is 11.6 Å². The number of hydrogen-bond acceptors (Lipinski definition) is 15. The van der Waals surface area contributed by atoms with Crippen LogP contribution in [0.1, 0.15) is 99.2 Å². The van der Waals surface area contributed by atoms with Crippen LogP contribution in [0.15, 0.2) is 110 Å². The topological polar surface area (TPSA) is 461 Å².